The predicted octanol–water partition coefficient (Wildman–Crippen LogP) is 4.14. The average molecular weight is 523 g/mol. The molecule has 0 spiro atoms. The first-order chi connectivity index (χ1) is 18.2. The maximum Gasteiger partial charge on any atom is 0.204 e. The van der Waals surface area contributed by atoms with Gasteiger partial charge in [0.25, 0.3) is 0 Å². The van der Waals surface area contributed by atoms with E-state index in [-0.39, 0.29) is 0 Å². The number of fused-ring (bicyclic) bond motifs is 3. The zero-order valence-electron chi connectivity index (χ0n) is 21.3. The molecule has 9 nitrogen and oxygen atoms in total. The Bertz CT molecular complexity index is 1320. The van der Waals surface area contributed by atoms with Crippen LogP contribution in [0, 0.1) is 6.92 Å². The molecule has 1 aliphatic rings. The number of thiophene rings is 1. The molecule has 37 heavy (non-hydrogen) atoms. The van der Waals surface area contributed by atoms with Crippen LogP contribution in [0.5, 0.6) is 5.75 Å². The molecule has 0 atom stereocenters. The molecule has 0 aliphatic carbocycles. The first kappa shape index (κ1) is 25.6. The lowest BCUT2D eigenvalue weighted by Crippen LogP contribution is -2.38. The van der Waals surface area contributed by atoms with Crippen LogP contribution in [0.4, 0.5) is 5.82 Å². The van der Waals surface area contributed by atoms with Crippen molar-refractivity contribution >= 4 is 39.6 Å². The highest BCUT2D eigenvalue weighted by molar-refractivity contribution is 7.10. The monoisotopic (exact) mass is 522 g/mol. The number of Topliss-reactive ketones (excluding diaryl/α,β-unsaturated/α-hetero) is 1. The van der Waals surface area contributed by atoms with Crippen molar-refractivity contribution in [3.8, 4) is 5.75 Å². The second kappa shape index (κ2) is 12.4. The van der Waals surface area contributed by atoms with Gasteiger partial charge in [0.15, 0.2) is 5.82 Å². The number of aromatic nitrogens is 4. The van der Waals surface area contributed by atoms with E-state index in [2.05, 4.69) is 20.4 Å². The van der Waals surface area contributed by atoms with Crippen molar-refractivity contribution in [2.45, 2.75) is 39.0 Å². The van der Waals surface area contributed by atoms with Crippen molar-refractivity contribution in [3.05, 3.63) is 46.4 Å². The Morgan fingerprint density at radius 1 is 1.16 bits per heavy atom. The number of carbonyl (C=O) groups is 1. The molecule has 4 aromatic rings. The number of carbonyl (C=O) groups excluding carboxylic acids is 1. The summed E-state index contributed by atoms with van der Waals surface area (Å²) in [6, 6.07) is 10.0. The van der Waals surface area contributed by atoms with Crippen LogP contribution in [0.15, 0.2) is 35.7 Å². The smallest absolute Gasteiger partial charge is 0.204 e. The summed E-state index contributed by atoms with van der Waals surface area (Å²) in [5.74, 6) is 2.65. The van der Waals surface area contributed by atoms with Crippen LogP contribution in [-0.4, -0.2) is 76.3 Å². The molecular weight excluding hydrogens is 488 g/mol. The third kappa shape index (κ3) is 6.63. The molecule has 0 unspecified atom stereocenters. The van der Waals surface area contributed by atoms with Crippen LogP contribution >= 0.6 is 11.3 Å². The van der Waals surface area contributed by atoms with Gasteiger partial charge in [-0.1, -0.05) is 12.5 Å². The van der Waals surface area contributed by atoms with Gasteiger partial charge in [0.1, 0.15) is 24.0 Å². The summed E-state index contributed by atoms with van der Waals surface area (Å²) in [6.07, 6.45) is 4.03. The van der Waals surface area contributed by atoms with Gasteiger partial charge in [-0.3, -0.25) is 14.1 Å². The molecule has 196 valence electrons. The fourth-order valence-corrected chi connectivity index (χ4v) is 5.34. The predicted molar refractivity (Wildman–Crippen MR) is 146 cm³/mol. The fraction of sp³-hybridized carbons (Fsp3) is 0.481. The third-order valence-electron chi connectivity index (χ3n) is 6.61. The summed E-state index contributed by atoms with van der Waals surface area (Å²) in [5, 5.41) is 14.1. The van der Waals surface area contributed by atoms with Crippen LogP contribution < -0.4 is 10.1 Å². The van der Waals surface area contributed by atoms with E-state index in [1.54, 1.807) is 11.3 Å². The molecule has 1 aromatic carbocycles. The molecule has 3 aromatic heterocycles. The number of hydrogen-bond donors (Lipinski definition) is 1. The number of aryl methyl sites for hydroxylation is 1. The van der Waals surface area contributed by atoms with Crippen molar-refractivity contribution in [1.29, 1.82) is 0 Å². The topological polar surface area (TPSA) is 93.9 Å². The number of ketones is 1. The molecule has 4 heterocycles. The van der Waals surface area contributed by atoms with Gasteiger partial charge in [0.2, 0.25) is 5.65 Å². The van der Waals surface area contributed by atoms with Crippen molar-refractivity contribution in [2.75, 3.05) is 51.3 Å². The van der Waals surface area contributed by atoms with E-state index in [1.165, 1.54) is 0 Å². The zero-order valence-corrected chi connectivity index (χ0v) is 22.1. The summed E-state index contributed by atoms with van der Waals surface area (Å²) in [6.45, 7) is 7.70. The minimum absolute atomic E-state index is 0.315. The minimum atomic E-state index is 0.315. The fourth-order valence-electron chi connectivity index (χ4n) is 4.61. The van der Waals surface area contributed by atoms with Gasteiger partial charge in [0, 0.05) is 50.0 Å². The van der Waals surface area contributed by atoms with E-state index >= 15 is 0 Å². The number of nitrogens with zero attached hydrogens (tertiary/aromatic N) is 5. The van der Waals surface area contributed by atoms with Gasteiger partial charge in [0.05, 0.1) is 24.2 Å². The van der Waals surface area contributed by atoms with Crippen LogP contribution in [0.3, 0.4) is 0 Å². The molecular formula is C27H34N6O3S. The maximum absolute atomic E-state index is 12.2. The summed E-state index contributed by atoms with van der Waals surface area (Å²) in [7, 11) is 0. The Kier molecular flexibility index (Phi) is 8.60. The van der Waals surface area contributed by atoms with Crippen LogP contribution in [0.1, 0.15) is 36.4 Å². The normalized spacial score (nSPS) is 14.4. The number of rotatable bonds is 13. The molecule has 1 aliphatic heterocycles. The highest BCUT2D eigenvalue weighted by Crippen LogP contribution is 2.25. The van der Waals surface area contributed by atoms with Crippen molar-refractivity contribution in [1.82, 2.24) is 24.5 Å². The van der Waals surface area contributed by atoms with Gasteiger partial charge in [-0.2, -0.15) is 0 Å². The summed E-state index contributed by atoms with van der Waals surface area (Å²) < 4.78 is 13.5. The molecule has 1 saturated heterocycles. The van der Waals surface area contributed by atoms with Crippen LogP contribution in [0.25, 0.3) is 16.7 Å². The number of nitrogens with one attached hydrogen (secondary N) is 1. The molecule has 1 fully saturated rings. The van der Waals surface area contributed by atoms with Crippen LogP contribution in [-0.2, 0) is 16.0 Å². The second-order valence-corrected chi connectivity index (χ2v) is 10.4. The van der Waals surface area contributed by atoms with Gasteiger partial charge < -0.3 is 14.8 Å². The number of unbranched alkanes of at least 4 members (excludes halogenated alkanes) is 2. The Morgan fingerprint density at radius 3 is 2.89 bits per heavy atom. The van der Waals surface area contributed by atoms with Gasteiger partial charge in [-0.25, -0.2) is 4.98 Å². The van der Waals surface area contributed by atoms with Crippen molar-refractivity contribution < 1.29 is 14.3 Å². The van der Waals surface area contributed by atoms with Crippen LogP contribution in [0.2, 0.25) is 0 Å². The SMILES string of the molecule is Cc1nnc2c(NCCCCCC(=O)Cc3cccs3)nc3cc(OCCN4CCOCC4)ccc3n12. The highest BCUT2D eigenvalue weighted by atomic mass is 32.1. The first-order valence-electron chi connectivity index (χ1n) is 13.0. The number of ether oxygens (including phenoxy) is 2. The Morgan fingerprint density at radius 2 is 2.05 bits per heavy atom. The number of hydrogen-bond acceptors (Lipinski definition) is 9. The molecule has 0 radical (unpaired) electrons. The summed E-state index contributed by atoms with van der Waals surface area (Å²) in [5.41, 5.74) is 2.51. The highest BCUT2D eigenvalue weighted by Gasteiger charge is 2.14. The molecule has 0 amide bonds. The standard InChI is InChI=1S/C27H34N6O3S/c1-20-30-31-27-26(28-10-4-2-3-6-21(34)18-23-7-5-17-37-23)29-24-19-22(8-9-25(24)33(20)27)36-16-13-32-11-14-35-15-12-32/h5,7-9,17,19H,2-4,6,10-16,18H2,1H3,(H,28,29). The lowest BCUT2D eigenvalue weighted by Gasteiger charge is -2.26. The van der Waals surface area contributed by atoms with E-state index in [0.717, 1.165) is 91.8 Å². The van der Waals surface area contributed by atoms with E-state index in [4.69, 9.17) is 14.5 Å². The summed E-state index contributed by atoms with van der Waals surface area (Å²) >= 11 is 1.65. The second-order valence-electron chi connectivity index (χ2n) is 9.35. The van der Waals surface area contributed by atoms with E-state index in [0.29, 0.717) is 31.0 Å². The Hall–Kier alpha value is -3.08. The Balaban J connectivity index is 1.16. The van der Waals surface area contributed by atoms with Gasteiger partial charge in [-0.05, 0) is 43.3 Å². The largest absolute Gasteiger partial charge is 0.492 e. The third-order valence-corrected chi connectivity index (χ3v) is 7.49. The maximum atomic E-state index is 12.2. The van der Waals surface area contributed by atoms with Crippen molar-refractivity contribution in [3.63, 3.8) is 0 Å². The van der Waals surface area contributed by atoms with E-state index in [1.807, 2.05) is 47.0 Å². The molecule has 5 rings (SSSR count). The van der Waals surface area contributed by atoms with E-state index < -0.39 is 0 Å². The zero-order chi connectivity index (χ0) is 25.5. The lowest BCUT2D eigenvalue weighted by molar-refractivity contribution is -0.118. The molecule has 1 N–H and O–H groups in total. The summed E-state index contributed by atoms with van der Waals surface area (Å²) in [4.78, 5) is 20.5. The number of benzene rings is 1. The van der Waals surface area contributed by atoms with Gasteiger partial charge in [-0.15, -0.1) is 21.5 Å². The van der Waals surface area contributed by atoms with Crippen molar-refractivity contribution in [2.24, 2.45) is 0 Å². The van der Waals surface area contributed by atoms with Gasteiger partial charge >= 0.3 is 0 Å². The Labute approximate surface area is 220 Å². The molecule has 0 saturated carbocycles. The molecule has 10 heteroatoms. The number of morpholine rings is 1. The molecule has 0 bridgehead atoms. The number of anilines is 1. The quantitative estimate of drug-likeness (QED) is 0.262. The average Bonchev–Trinajstić information content (AvgIpc) is 3.56. The van der Waals surface area contributed by atoms with E-state index in [9.17, 15) is 4.79 Å². The lowest BCUT2D eigenvalue weighted by atomic mass is 10.1. The minimum Gasteiger partial charge on any atom is -0.492 e. The first-order valence-corrected chi connectivity index (χ1v) is 13.9.